The van der Waals surface area contributed by atoms with Gasteiger partial charge < -0.3 is 35.2 Å². The number of rotatable bonds is 7. The van der Waals surface area contributed by atoms with Crippen LogP contribution in [0.25, 0.3) is 0 Å². The van der Waals surface area contributed by atoms with E-state index in [0.29, 0.717) is 0 Å². The van der Waals surface area contributed by atoms with Gasteiger partial charge in [-0.2, -0.15) is 0 Å². The van der Waals surface area contributed by atoms with Crippen molar-refractivity contribution < 1.29 is 34.7 Å². The number of hydrogen-bond acceptors (Lipinski definition) is 8. The summed E-state index contributed by atoms with van der Waals surface area (Å²) in [6, 6.07) is 0. The minimum atomic E-state index is -1.47. The lowest BCUT2D eigenvalue weighted by Gasteiger charge is -2.39. The van der Waals surface area contributed by atoms with Gasteiger partial charge in [0.05, 0.1) is 13.2 Å². The maximum absolute atomic E-state index is 11.3. The van der Waals surface area contributed by atoms with E-state index < -0.39 is 37.3 Å². The minimum absolute atomic E-state index is 0.0432. The fourth-order valence-corrected chi connectivity index (χ4v) is 2.00. The highest BCUT2D eigenvalue weighted by Gasteiger charge is 2.43. The summed E-state index contributed by atoms with van der Waals surface area (Å²) >= 11 is 1.39. The molecule has 1 amide bonds. The van der Waals surface area contributed by atoms with Crippen LogP contribution >= 0.6 is 11.8 Å². The molecule has 9 heteroatoms. The van der Waals surface area contributed by atoms with Gasteiger partial charge in [0.25, 0.3) is 0 Å². The molecule has 5 N–H and O–H groups in total. The second-order valence-corrected chi connectivity index (χ2v) is 5.14. The summed E-state index contributed by atoms with van der Waals surface area (Å²) in [7, 11) is 0. The molecule has 8 nitrogen and oxygen atoms in total. The van der Waals surface area contributed by atoms with Crippen LogP contribution in [-0.4, -0.2) is 83.1 Å². The van der Waals surface area contributed by atoms with E-state index >= 15 is 0 Å². The summed E-state index contributed by atoms with van der Waals surface area (Å²) in [4.78, 5) is 11.3. The monoisotopic (exact) mass is 323 g/mol. The summed E-state index contributed by atoms with van der Waals surface area (Å²) in [5.74, 6) is -0.276. The van der Waals surface area contributed by atoms with Crippen LogP contribution in [0.3, 0.4) is 0 Å². The van der Waals surface area contributed by atoms with Gasteiger partial charge in [0.15, 0.2) is 6.29 Å². The maximum Gasteiger partial charge on any atom is 0.244 e. The van der Waals surface area contributed by atoms with Gasteiger partial charge in [0.2, 0.25) is 5.91 Å². The van der Waals surface area contributed by atoms with Crippen LogP contribution in [0, 0.1) is 0 Å². The van der Waals surface area contributed by atoms with Crippen molar-refractivity contribution in [3.8, 4) is 0 Å². The predicted molar refractivity (Wildman–Crippen MR) is 75.4 cm³/mol. The first kappa shape index (κ1) is 18.4. The zero-order chi connectivity index (χ0) is 15.8. The second kappa shape index (κ2) is 9.36. The van der Waals surface area contributed by atoms with Gasteiger partial charge >= 0.3 is 0 Å². The Morgan fingerprint density at radius 1 is 1.33 bits per heavy atom. The van der Waals surface area contributed by atoms with Crippen LogP contribution in [-0.2, 0) is 14.3 Å². The number of amides is 1. The Kier molecular flexibility index (Phi) is 8.19. The molecule has 0 radical (unpaired) electrons. The molecule has 0 aromatic heterocycles. The Morgan fingerprint density at radius 3 is 2.67 bits per heavy atom. The highest BCUT2D eigenvalue weighted by molar-refractivity contribution is 8.01. The molecule has 1 heterocycles. The van der Waals surface area contributed by atoms with E-state index in [2.05, 4.69) is 5.32 Å². The zero-order valence-corrected chi connectivity index (χ0v) is 12.4. The Bertz CT molecular complexity index is 352. The third-order valence-corrected chi connectivity index (χ3v) is 3.30. The molecule has 0 spiro atoms. The quantitative estimate of drug-likeness (QED) is 0.264. The first-order chi connectivity index (χ1) is 10.0. The normalized spacial score (nSPS) is 33.3. The third-order valence-electron chi connectivity index (χ3n) is 2.89. The van der Waals surface area contributed by atoms with Gasteiger partial charge in [0.1, 0.15) is 24.4 Å². The zero-order valence-electron chi connectivity index (χ0n) is 11.6. The molecule has 1 aliphatic rings. The summed E-state index contributed by atoms with van der Waals surface area (Å²) < 4.78 is 10.3. The van der Waals surface area contributed by atoms with Crippen LogP contribution < -0.4 is 5.32 Å². The molecular weight excluding hydrogens is 302 g/mol. The smallest absolute Gasteiger partial charge is 0.244 e. The number of hydrogen-bond donors (Lipinski definition) is 5. The van der Waals surface area contributed by atoms with E-state index in [1.165, 1.54) is 17.8 Å². The van der Waals surface area contributed by atoms with Crippen molar-refractivity contribution in [1.82, 2.24) is 5.32 Å². The number of carbonyl (C=O) groups is 1. The number of ether oxygens (including phenoxy) is 2. The van der Waals surface area contributed by atoms with Crippen molar-refractivity contribution in [2.24, 2.45) is 0 Å². The number of aliphatic hydroxyl groups excluding tert-OH is 4. The first-order valence-electron chi connectivity index (χ1n) is 6.40. The van der Waals surface area contributed by atoms with Gasteiger partial charge in [-0.15, -0.1) is 11.8 Å². The van der Waals surface area contributed by atoms with Crippen LogP contribution in [0.5, 0.6) is 0 Å². The largest absolute Gasteiger partial charge is 0.394 e. The lowest BCUT2D eigenvalue weighted by Crippen LogP contribution is -2.59. The fraction of sp³-hybridized carbons (Fsp3) is 0.750. The van der Waals surface area contributed by atoms with Crippen LogP contribution in [0.15, 0.2) is 11.5 Å². The van der Waals surface area contributed by atoms with E-state index in [-0.39, 0.29) is 19.1 Å². The van der Waals surface area contributed by atoms with Gasteiger partial charge in [-0.1, -0.05) is 0 Å². The fourth-order valence-electron chi connectivity index (χ4n) is 1.74. The van der Waals surface area contributed by atoms with E-state index in [1.807, 2.05) is 6.26 Å². The van der Waals surface area contributed by atoms with Gasteiger partial charge in [-0.3, -0.25) is 4.79 Å². The molecule has 21 heavy (non-hydrogen) atoms. The standard InChI is InChI=1S/C12H21NO7S/c1-21-5-2-8(15)13-3-4-19-12-11(18)10(17)9(16)7(6-14)20-12/h2,5,7,9-12,14,16-18H,3-4,6H2,1H3,(H,13,15)/b5-2-/t7-,9-,10+,11-,12-/m1/s1. The summed E-state index contributed by atoms with van der Waals surface area (Å²) in [5, 5.41) is 42.0. The lowest BCUT2D eigenvalue weighted by molar-refractivity contribution is -0.300. The third kappa shape index (κ3) is 5.55. The molecule has 122 valence electrons. The van der Waals surface area contributed by atoms with Crippen molar-refractivity contribution in [2.45, 2.75) is 30.7 Å². The van der Waals surface area contributed by atoms with E-state index in [0.717, 1.165) is 0 Å². The van der Waals surface area contributed by atoms with Crippen molar-refractivity contribution in [1.29, 1.82) is 0 Å². The first-order valence-corrected chi connectivity index (χ1v) is 7.69. The lowest BCUT2D eigenvalue weighted by atomic mass is 9.99. The topological polar surface area (TPSA) is 128 Å². The van der Waals surface area contributed by atoms with Crippen LogP contribution in [0.4, 0.5) is 0 Å². The molecule has 1 fully saturated rings. The van der Waals surface area contributed by atoms with Crippen molar-refractivity contribution in [3.63, 3.8) is 0 Å². The van der Waals surface area contributed by atoms with Crippen LogP contribution in [0.2, 0.25) is 0 Å². The van der Waals surface area contributed by atoms with Gasteiger partial charge in [0, 0.05) is 12.6 Å². The molecule has 0 aromatic rings. The summed E-state index contributed by atoms with van der Waals surface area (Å²) in [6.07, 6.45) is -3.31. The SMILES string of the molecule is CS/C=C\C(=O)NCCO[C@@H]1O[C@H](CO)[C@@H](O)[C@H](O)[C@H]1O. The molecule has 0 aromatic carbocycles. The Balaban J connectivity index is 2.34. The summed E-state index contributed by atoms with van der Waals surface area (Å²) in [6.45, 7) is -0.283. The Morgan fingerprint density at radius 2 is 2.05 bits per heavy atom. The molecule has 5 atom stereocenters. The molecule has 0 saturated carbocycles. The highest BCUT2D eigenvalue weighted by Crippen LogP contribution is 2.21. The molecule has 0 bridgehead atoms. The highest BCUT2D eigenvalue weighted by atomic mass is 32.2. The van der Waals surface area contributed by atoms with Crippen molar-refractivity contribution in [2.75, 3.05) is 26.0 Å². The van der Waals surface area contributed by atoms with Gasteiger partial charge in [-0.05, 0) is 11.7 Å². The molecule has 1 saturated heterocycles. The second-order valence-electron chi connectivity index (χ2n) is 4.40. The molecule has 0 unspecified atom stereocenters. The van der Waals surface area contributed by atoms with Crippen molar-refractivity contribution in [3.05, 3.63) is 11.5 Å². The minimum Gasteiger partial charge on any atom is -0.394 e. The molecule has 0 aliphatic carbocycles. The van der Waals surface area contributed by atoms with Gasteiger partial charge in [-0.25, -0.2) is 0 Å². The molecule has 1 rings (SSSR count). The molecular formula is C12H21NO7S. The van der Waals surface area contributed by atoms with E-state index in [1.54, 1.807) is 5.41 Å². The number of nitrogens with one attached hydrogen (secondary N) is 1. The maximum atomic E-state index is 11.3. The Hall–Kier alpha value is -0.680. The molecule has 1 aliphatic heterocycles. The van der Waals surface area contributed by atoms with E-state index in [4.69, 9.17) is 14.6 Å². The average Bonchev–Trinajstić information content (AvgIpc) is 2.49. The Labute approximate surface area is 126 Å². The van der Waals surface area contributed by atoms with Crippen LogP contribution in [0.1, 0.15) is 0 Å². The van der Waals surface area contributed by atoms with E-state index in [9.17, 15) is 20.1 Å². The summed E-state index contributed by atoms with van der Waals surface area (Å²) in [5.41, 5.74) is 0. The average molecular weight is 323 g/mol. The van der Waals surface area contributed by atoms with Crippen molar-refractivity contribution >= 4 is 17.7 Å². The number of thioether (sulfide) groups is 1. The number of carbonyl (C=O) groups excluding carboxylic acids is 1. The number of aliphatic hydroxyl groups is 4. The predicted octanol–water partition coefficient (Wildman–Crippen LogP) is -2.20.